The molecule has 0 aliphatic carbocycles. The molecule has 0 radical (unpaired) electrons. The Labute approximate surface area is 254 Å². The van der Waals surface area contributed by atoms with Crippen LogP contribution in [0.1, 0.15) is 100.0 Å². The molecule has 0 aliphatic rings. The van der Waals surface area contributed by atoms with Gasteiger partial charge in [-0.25, -0.2) is 14.4 Å². The minimum atomic E-state index is -1.93. The first-order valence-corrected chi connectivity index (χ1v) is 14.8. The van der Waals surface area contributed by atoms with E-state index >= 15 is 0 Å². The molecule has 0 aliphatic heterocycles. The third-order valence-electron chi connectivity index (χ3n) is 7.28. The predicted molar refractivity (Wildman–Crippen MR) is 158 cm³/mol. The molecule has 5 atom stereocenters. The van der Waals surface area contributed by atoms with Crippen LogP contribution in [0.2, 0.25) is 0 Å². The van der Waals surface area contributed by atoms with Gasteiger partial charge in [-0.15, -0.1) is 0 Å². The Balaban J connectivity index is 3.29. The molecule has 0 spiro atoms. The van der Waals surface area contributed by atoms with Crippen LogP contribution in [0.25, 0.3) is 0 Å². The van der Waals surface area contributed by atoms with Crippen molar-refractivity contribution in [1.29, 1.82) is 0 Å². The van der Waals surface area contributed by atoms with Gasteiger partial charge in [-0.1, -0.05) is 46.6 Å². The van der Waals surface area contributed by atoms with Crippen LogP contribution in [0.15, 0.2) is 18.2 Å². The zero-order valence-corrected chi connectivity index (χ0v) is 26.9. The van der Waals surface area contributed by atoms with Crippen molar-refractivity contribution in [2.24, 2.45) is 11.7 Å². The summed E-state index contributed by atoms with van der Waals surface area (Å²) in [7, 11) is 0. The lowest BCUT2D eigenvalue weighted by atomic mass is 9.78. The van der Waals surface area contributed by atoms with Gasteiger partial charge in [0.1, 0.15) is 29.5 Å². The highest BCUT2D eigenvalue weighted by Crippen LogP contribution is 2.33. The van der Waals surface area contributed by atoms with Crippen LogP contribution < -0.4 is 15.2 Å². The summed E-state index contributed by atoms with van der Waals surface area (Å²) in [5.41, 5.74) is 4.08. The molecule has 0 heterocycles. The zero-order chi connectivity index (χ0) is 33.0. The number of carboxylic acids is 1. The Morgan fingerprint density at radius 3 is 1.79 bits per heavy atom. The van der Waals surface area contributed by atoms with Crippen molar-refractivity contribution >= 4 is 24.4 Å². The predicted octanol–water partition coefficient (Wildman–Crippen LogP) is 6.79. The van der Waals surface area contributed by atoms with Gasteiger partial charge in [0.25, 0.3) is 0 Å². The minimum Gasteiger partial charge on any atom is -0.480 e. The average Bonchev–Trinajstić information content (AvgIpc) is 2.89. The van der Waals surface area contributed by atoms with E-state index in [9.17, 15) is 24.3 Å². The lowest BCUT2D eigenvalue weighted by Crippen LogP contribution is -2.58. The second-order valence-electron chi connectivity index (χ2n) is 11.5. The minimum absolute atomic E-state index is 0.137. The van der Waals surface area contributed by atoms with E-state index in [1.165, 1.54) is 25.1 Å². The maximum absolute atomic E-state index is 12.5. The van der Waals surface area contributed by atoms with Gasteiger partial charge >= 0.3 is 24.4 Å². The van der Waals surface area contributed by atoms with Gasteiger partial charge in [0, 0.05) is 12.3 Å². The molecule has 1 aromatic rings. The summed E-state index contributed by atoms with van der Waals surface area (Å²) in [6.45, 7) is 15.7. The van der Waals surface area contributed by atoms with Gasteiger partial charge in [-0.3, -0.25) is 4.79 Å². The van der Waals surface area contributed by atoms with Crippen LogP contribution in [-0.2, 0) is 30.2 Å². The Bertz CT molecular complexity index is 1090. The fraction of sp³-hybridized carbons (Fsp3) is 0.677. The molecule has 43 heavy (non-hydrogen) atoms. The molecule has 0 fully saturated rings. The van der Waals surface area contributed by atoms with E-state index < -0.39 is 59.8 Å². The van der Waals surface area contributed by atoms with Crippen molar-refractivity contribution in [3.63, 3.8) is 0 Å². The first-order valence-electron chi connectivity index (χ1n) is 14.8. The van der Waals surface area contributed by atoms with E-state index in [2.05, 4.69) is 0 Å². The highest BCUT2D eigenvalue weighted by Gasteiger charge is 2.44. The Hall–Kier alpha value is -3.54. The van der Waals surface area contributed by atoms with Crippen LogP contribution >= 0.6 is 0 Å². The highest BCUT2D eigenvalue weighted by atomic mass is 16.8. The molecule has 1 aromatic carbocycles. The Morgan fingerprint density at radius 1 is 0.814 bits per heavy atom. The molecule has 3 N–H and O–H groups in total. The van der Waals surface area contributed by atoms with Gasteiger partial charge in [-0.05, 0) is 71.6 Å². The number of carboxylic acid groups (broad SMARTS) is 1. The molecule has 1 rings (SSSR count). The van der Waals surface area contributed by atoms with Crippen molar-refractivity contribution < 1.29 is 52.7 Å². The second-order valence-corrected chi connectivity index (χ2v) is 11.5. The first kappa shape index (κ1) is 37.5. The summed E-state index contributed by atoms with van der Waals surface area (Å²) >= 11 is 0. The molecule has 12 heteroatoms. The van der Waals surface area contributed by atoms with Crippen LogP contribution in [-0.4, -0.2) is 59.0 Å². The third-order valence-corrected chi connectivity index (χ3v) is 7.28. The summed E-state index contributed by atoms with van der Waals surface area (Å²) in [6, 6.07) is 4.16. The van der Waals surface area contributed by atoms with Crippen LogP contribution in [0.3, 0.4) is 0 Å². The lowest BCUT2D eigenvalue weighted by molar-refractivity contribution is -0.148. The lowest BCUT2D eigenvalue weighted by Gasteiger charge is -2.35. The van der Waals surface area contributed by atoms with Crippen molar-refractivity contribution in [2.45, 2.75) is 130 Å². The molecule has 12 nitrogen and oxygen atoms in total. The summed E-state index contributed by atoms with van der Waals surface area (Å²) < 4.78 is 31.9. The SMILES string of the molecule is CCCC(C)OC(=O)Oc1ccc(C[C@](N)(C(=O)O)[C@H](C)[C@H](C)OC(=O)OC(C)(C)CC)cc1OC(=O)OC(C)CCC. The maximum Gasteiger partial charge on any atom is 0.514 e. The van der Waals surface area contributed by atoms with Gasteiger partial charge in [0.2, 0.25) is 0 Å². The van der Waals surface area contributed by atoms with Gasteiger partial charge < -0.3 is 39.3 Å². The van der Waals surface area contributed by atoms with Crippen LogP contribution in [0.4, 0.5) is 14.4 Å². The molecule has 0 bridgehead atoms. The number of carbonyl (C=O) groups excluding carboxylic acids is 3. The van der Waals surface area contributed by atoms with Crippen molar-refractivity contribution in [3.05, 3.63) is 23.8 Å². The summed E-state index contributed by atoms with van der Waals surface area (Å²) in [5, 5.41) is 10.1. The van der Waals surface area contributed by atoms with Gasteiger partial charge in [0.05, 0.1) is 0 Å². The molecule has 0 saturated heterocycles. The largest absolute Gasteiger partial charge is 0.514 e. The molecule has 0 saturated carbocycles. The number of aliphatic carboxylic acids is 1. The number of carbonyl (C=O) groups is 4. The topological polar surface area (TPSA) is 170 Å². The van der Waals surface area contributed by atoms with Gasteiger partial charge in [-0.2, -0.15) is 0 Å². The zero-order valence-electron chi connectivity index (χ0n) is 26.9. The molecular formula is C31H49NO11. The second kappa shape index (κ2) is 16.9. The maximum atomic E-state index is 12.5. The van der Waals surface area contributed by atoms with E-state index in [4.69, 9.17) is 34.2 Å². The smallest absolute Gasteiger partial charge is 0.480 e. The highest BCUT2D eigenvalue weighted by molar-refractivity contribution is 5.80. The number of hydrogen-bond acceptors (Lipinski definition) is 11. The van der Waals surface area contributed by atoms with E-state index in [1.807, 2.05) is 20.8 Å². The van der Waals surface area contributed by atoms with Crippen molar-refractivity contribution in [1.82, 2.24) is 0 Å². The first-order chi connectivity index (χ1) is 20.0. The van der Waals surface area contributed by atoms with E-state index in [1.54, 1.807) is 34.6 Å². The average molecular weight is 612 g/mol. The van der Waals surface area contributed by atoms with Crippen LogP contribution in [0.5, 0.6) is 11.5 Å². The van der Waals surface area contributed by atoms with Crippen molar-refractivity contribution in [2.75, 3.05) is 0 Å². The molecular weight excluding hydrogens is 562 g/mol. The quantitative estimate of drug-likeness (QED) is 0.114. The monoisotopic (exact) mass is 611 g/mol. The fourth-order valence-electron chi connectivity index (χ4n) is 4.08. The van der Waals surface area contributed by atoms with Crippen molar-refractivity contribution in [3.8, 4) is 11.5 Å². The molecule has 244 valence electrons. The number of ether oxygens (including phenoxy) is 6. The molecule has 0 aromatic heterocycles. The van der Waals surface area contributed by atoms with E-state index in [0.717, 1.165) is 12.8 Å². The third kappa shape index (κ3) is 12.3. The number of benzene rings is 1. The Kier molecular flexibility index (Phi) is 14.8. The van der Waals surface area contributed by atoms with Gasteiger partial charge in [0.15, 0.2) is 11.5 Å². The van der Waals surface area contributed by atoms with Crippen LogP contribution in [0, 0.1) is 5.92 Å². The summed E-state index contributed by atoms with van der Waals surface area (Å²) in [6.07, 6.45) is -1.63. The summed E-state index contributed by atoms with van der Waals surface area (Å²) in [4.78, 5) is 49.7. The molecule has 0 amide bonds. The summed E-state index contributed by atoms with van der Waals surface area (Å²) in [5.74, 6) is -2.57. The number of nitrogens with two attached hydrogens (primary N) is 1. The standard InChI is InChI=1S/C31H49NO11/c1-10-13-19(4)38-27(35)41-24-16-15-23(17-25(24)42-28(36)39-20(5)14-11-2)18-31(32,26(33)34)21(6)22(7)40-29(37)43-30(8,9)12-3/h15-17,19-22H,10-14,18,32H2,1-9H3,(H,33,34)/t19?,20?,21-,22+,31-/m1/s1. The van der Waals surface area contributed by atoms with E-state index in [0.29, 0.717) is 24.8 Å². The molecule has 2 unspecified atom stereocenters. The number of hydrogen-bond donors (Lipinski definition) is 2. The van der Waals surface area contributed by atoms with E-state index in [-0.39, 0.29) is 17.9 Å². The normalized spacial score (nSPS) is 15.6. The number of rotatable bonds is 16. The fourth-order valence-corrected chi connectivity index (χ4v) is 4.08. The Morgan fingerprint density at radius 2 is 1.33 bits per heavy atom.